The lowest BCUT2D eigenvalue weighted by atomic mass is 10.0. The maximum Gasteiger partial charge on any atom is 0.335 e. The summed E-state index contributed by atoms with van der Waals surface area (Å²) in [6.07, 6.45) is 0. The van der Waals surface area contributed by atoms with Gasteiger partial charge >= 0.3 is 5.97 Å². The van der Waals surface area contributed by atoms with Crippen molar-refractivity contribution in [2.75, 3.05) is 5.32 Å². The number of benzene rings is 3. The largest absolute Gasteiger partial charge is 0.478 e. The molecule has 0 aliphatic carbocycles. The van der Waals surface area contributed by atoms with Crippen molar-refractivity contribution in [1.29, 1.82) is 5.53 Å². The number of rotatable bonds is 8. The standard InChI is InChI=1S/C23H21ClN4O3/c1-14(16-7-9-17(10-8-16)23(30)31)27-22(29)19-3-2-4-20(28-25)21(19)26-13-15-5-11-18(24)12-6-15/h2-12,14,25-26H,13H2,1H3,(H,27,29)(H,30,31). The van der Waals surface area contributed by atoms with Gasteiger partial charge in [-0.2, -0.15) is 5.11 Å². The smallest absolute Gasteiger partial charge is 0.335 e. The average molecular weight is 437 g/mol. The molecule has 3 aromatic carbocycles. The molecule has 0 radical (unpaired) electrons. The first-order valence-electron chi connectivity index (χ1n) is 9.52. The van der Waals surface area contributed by atoms with Crippen LogP contribution in [0, 0.1) is 5.53 Å². The van der Waals surface area contributed by atoms with Crippen molar-refractivity contribution in [3.63, 3.8) is 0 Å². The molecule has 0 bridgehead atoms. The number of nitrogens with zero attached hydrogens (tertiary/aromatic N) is 1. The molecule has 1 amide bonds. The predicted molar refractivity (Wildman–Crippen MR) is 119 cm³/mol. The van der Waals surface area contributed by atoms with Gasteiger partial charge in [-0.3, -0.25) is 4.79 Å². The molecule has 4 N–H and O–H groups in total. The quantitative estimate of drug-likeness (QED) is 0.334. The van der Waals surface area contributed by atoms with Crippen molar-refractivity contribution in [2.45, 2.75) is 19.5 Å². The summed E-state index contributed by atoms with van der Waals surface area (Å²) in [4.78, 5) is 24.0. The van der Waals surface area contributed by atoms with Crippen molar-refractivity contribution in [3.8, 4) is 0 Å². The molecule has 0 spiro atoms. The van der Waals surface area contributed by atoms with Crippen molar-refractivity contribution < 1.29 is 14.7 Å². The van der Waals surface area contributed by atoms with E-state index < -0.39 is 5.97 Å². The summed E-state index contributed by atoms with van der Waals surface area (Å²) in [5, 5.41) is 19.3. The Morgan fingerprint density at radius 2 is 1.74 bits per heavy atom. The number of amides is 1. The SMILES string of the molecule is CC(NC(=O)c1cccc(N=N)c1NCc1ccc(Cl)cc1)c1ccc(C(=O)O)cc1. The van der Waals surface area contributed by atoms with E-state index in [9.17, 15) is 9.59 Å². The van der Waals surface area contributed by atoms with E-state index in [1.165, 1.54) is 12.1 Å². The van der Waals surface area contributed by atoms with E-state index in [1.54, 1.807) is 42.5 Å². The van der Waals surface area contributed by atoms with E-state index in [0.29, 0.717) is 28.5 Å². The number of carbonyl (C=O) groups excluding carboxylic acids is 1. The van der Waals surface area contributed by atoms with E-state index in [0.717, 1.165) is 11.1 Å². The van der Waals surface area contributed by atoms with Gasteiger partial charge < -0.3 is 15.7 Å². The lowest BCUT2D eigenvalue weighted by Crippen LogP contribution is -2.27. The molecule has 0 saturated carbocycles. The van der Waals surface area contributed by atoms with Gasteiger partial charge in [-0.15, -0.1) is 0 Å². The first-order chi connectivity index (χ1) is 14.9. The summed E-state index contributed by atoms with van der Waals surface area (Å²) in [7, 11) is 0. The van der Waals surface area contributed by atoms with Crippen LogP contribution in [0.2, 0.25) is 5.02 Å². The highest BCUT2D eigenvalue weighted by Crippen LogP contribution is 2.30. The molecule has 3 rings (SSSR count). The molecule has 158 valence electrons. The zero-order valence-corrected chi connectivity index (χ0v) is 17.5. The molecule has 0 heterocycles. The minimum atomic E-state index is -1.00. The van der Waals surface area contributed by atoms with E-state index in [-0.39, 0.29) is 17.5 Å². The Labute approximate surface area is 184 Å². The monoisotopic (exact) mass is 436 g/mol. The van der Waals surface area contributed by atoms with Crippen LogP contribution in [0.15, 0.2) is 71.8 Å². The number of nitrogens with one attached hydrogen (secondary N) is 3. The molecule has 3 aromatic rings. The van der Waals surface area contributed by atoms with E-state index in [4.69, 9.17) is 22.2 Å². The molecular formula is C23H21ClN4O3. The fourth-order valence-corrected chi connectivity index (χ4v) is 3.20. The Morgan fingerprint density at radius 1 is 1.06 bits per heavy atom. The maximum absolute atomic E-state index is 13.0. The minimum absolute atomic E-state index is 0.181. The van der Waals surface area contributed by atoms with Crippen LogP contribution in [0.1, 0.15) is 44.8 Å². The molecule has 8 heteroatoms. The van der Waals surface area contributed by atoms with Gasteiger partial charge in [0.2, 0.25) is 0 Å². The van der Waals surface area contributed by atoms with Crippen LogP contribution in [0.5, 0.6) is 0 Å². The Balaban J connectivity index is 1.78. The molecule has 0 saturated heterocycles. The van der Waals surface area contributed by atoms with Crippen LogP contribution in [0.25, 0.3) is 0 Å². The van der Waals surface area contributed by atoms with Crippen LogP contribution < -0.4 is 10.6 Å². The van der Waals surface area contributed by atoms with Gasteiger partial charge in [0.15, 0.2) is 0 Å². The zero-order valence-electron chi connectivity index (χ0n) is 16.7. The number of carbonyl (C=O) groups is 2. The summed E-state index contributed by atoms with van der Waals surface area (Å²) in [5.74, 6) is -1.34. The van der Waals surface area contributed by atoms with Gasteiger partial charge in [-0.1, -0.05) is 41.9 Å². The van der Waals surface area contributed by atoms with Crippen LogP contribution in [0.4, 0.5) is 11.4 Å². The molecule has 1 unspecified atom stereocenters. The second kappa shape index (κ2) is 9.86. The third kappa shape index (κ3) is 5.46. The number of hydrogen-bond donors (Lipinski definition) is 4. The highest BCUT2D eigenvalue weighted by atomic mass is 35.5. The summed E-state index contributed by atoms with van der Waals surface area (Å²) >= 11 is 5.92. The normalized spacial score (nSPS) is 11.4. The zero-order chi connectivity index (χ0) is 22.4. The lowest BCUT2D eigenvalue weighted by molar-refractivity contribution is 0.0696. The number of para-hydroxylation sites is 1. The van der Waals surface area contributed by atoms with Crippen molar-refractivity contribution >= 4 is 34.9 Å². The maximum atomic E-state index is 13.0. The Bertz CT molecular complexity index is 1100. The molecule has 0 aliphatic rings. The number of carboxylic acids is 1. The van der Waals surface area contributed by atoms with E-state index in [2.05, 4.69) is 15.7 Å². The highest BCUT2D eigenvalue weighted by Gasteiger charge is 2.18. The number of halogens is 1. The fraction of sp³-hybridized carbons (Fsp3) is 0.130. The second-order valence-electron chi connectivity index (χ2n) is 6.91. The van der Waals surface area contributed by atoms with Gasteiger partial charge in [0.05, 0.1) is 22.9 Å². The van der Waals surface area contributed by atoms with Gasteiger partial charge in [-0.25, -0.2) is 10.3 Å². The average Bonchev–Trinajstić information content (AvgIpc) is 2.78. The third-order valence-corrected chi connectivity index (χ3v) is 5.05. The number of hydrogen-bond acceptors (Lipinski definition) is 5. The Hall–Kier alpha value is -3.71. The van der Waals surface area contributed by atoms with Crippen LogP contribution in [-0.4, -0.2) is 17.0 Å². The summed E-state index contributed by atoms with van der Waals surface area (Å²) in [5.41, 5.74) is 10.5. The van der Waals surface area contributed by atoms with Crippen molar-refractivity contribution in [3.05, 3.63) is 94.0 Å². The number of carboxylic acid groups (broad SMARTS) is 1. The molecular weight excluding hydrogens is 416 g/mol. The Kier molecular flexibility index (Phi) is 6.99. The topological polar surface area (TPSA) is 115 Å². The Morgan fingerprint density at radius 3 is 2.35 bits per heavy atom. The number of aromatic carboxylic acids is 1. The lowest BCUT2D eigenvalue weighted by Gasteiger charge is -2.18. The first kappa shape index (κ1) is 22.0. The highest BCUT2D eigenvalue weighted by molar-refractivity contribution is 6.30. The van der Waals surface area contributed by atoms with Crippen LogP contribution in [-0.2, 0) is 6.54 Å². The van der Waals surface area contributed by atoms with Crippen molar-refractivity contribution in [1.82, 2.24) is 5.32 Å². The van der Waals surface area contributed by atoms with Gasteiger partial charge in [0.25, 0.3) is 5.91 Å². The third-order valence-electron chi connectivity index (χ3n) is 4.80. The molecule has 7 nitrogen and oxygen atoms in total. The van der Waals surface area contributed by atoms with E-state index >= 15 is 0 Å². The fourth-order valence-electron chi connectivity index (χ4n) is 3.07. The minimum Gasteiger partial charge on any atom is -0.478 e. The predicted octanol–water partition coefficient (Wildman–Crippen LogP) is 5.80. The molecule has 0 aliphatic heterocycles. The number of anilines is 1. The molecule has 0 aromatic heterocycles. The van der Waals surface area contributed by atoms with Crippen molar-refractivity contribution in [2.24, 2.45) is 5.11 Å². The summed E-state index contributed by atoms with van der Waals surface area (Å²) < 4.78 is 0. The van der Waals surface area contributed by atoms with Crippen LogP contribution >= 0.6 is 11.6 Å². The summed E-state index contributed by atoms with van der Waals surface area (Å²) in [6.45, 7) is 2.24. The molecule has 1 atom stereocenters. The second-order valence-corrected chi connectivity index (χ2v) is 7.35. The first-order valence-corrected chi connectivity index (χ1v) is 9.89. The summed E-state index contributed by atoms with van der Waals surface area (Å²) in [6, 6.07) is 18.3. The molecule has 31 heavy (non-hydrogen) atoms. The van der Waals surface area contributed by atoms with Gasteiger partial charge in [-0.05, 0) is 54.4 Å². The molecule has 0 fully saturated rings. The van der Waals surface area contributed by atoms with Crippen LogP contribution in [0.3, 0.4) is 0 Å². The van der Waals surface area contributed by atoms with Gasteiger partial charge in [0.1, 0.15) is 5.69 Å². The van der Waals surface area contributed by atoms with E-state index in [1.807, 2.05) is 19.1 Å². The van der Waals surface area contributed by atoms with Gasteiger partial charge in [0, 0.05) is 11.6 Å².